The molecule has 188 valence electrons. The van der Waals surface area contributed by atoms with Gasteiger partial charge in [-0.3, -0.25) is 9.59 Å². The molecule has 0 bridgehead atoms. The van der Waals surface area contributed by atoms with Gasteiger partial charge in [0.1, 0.15) is 21.8 Å². The molecule has 2 amide bonds. The van der Waals surface area contributed by atoms with Gasteiger partial charge in [0.15, 0.2) is 0 Å². The molecule has 36 heavy (non-hydrogen) atoms. The standard InChI is InChI=1S/C24H14Cl5F3N2O2/c25-11-3-10(4-12(26)5-11)21-22(24(21,28)29)23(36)33-14-1-2-16(27)19(8-14)34-20(35)9-15-17(31)6-13(30)7-18(15)32/h1-8,21-22H,9H2,(H,33,36)(H,34,35)/t21-,22+/m0/s1. The van der Waals surface area contributed by atoms with Crippen molar-refractivity contribution in [2.75, 3.05) is 10.6 Å². The summed E-state index contributed by atoms with van der Waals surface area (Å²) in [5.74, 6) is -6.20. The molecule has 1 fully saturated rings. The van der Waals surface area contributed by atoms with Crippen LogP contribution in [-0.4, -0.2) is 16.1 Å². The van der Waals surface area contributed by atoms with E-state index in [9.17, 15) is 22.8 Å². The van der Waals surface area contributed by atoms with Crippen LogP contribution in [0.3, 0.4) is 0 Å². The Balaban J connectivity index is 1.47. The first-order valence-corrected chi connectivity index (χ1v) is 12.1. The number of rotatable bonds is 6. The quantitative estimate of drug-likeness (QED) is 0.286. The van der Waals surface area contributed by atoms with E-state index in [2.05, 4.69) is 10.6 Å². The van der Waals surface area contributed by atoms with E-state index in [1.807, 2.05) is 0 Å². The van der Waals surface area contributed by atoms with Gasteiger partial charge in [-0.05, 0) is 42.0 Å². The topological polar surface area (TPSA) is 58.2 Å². The molecule has 1 aliphatic carbocycles. The summed E-state index contributed by atoms with van der Waals surface area (Å²) in [7, 11) is 0. The molecule has 3 aromatic rings. The normalized spacial score (nSPS) is 18.0. The second kappa shape index (κ2) is 10.3. The number of carbonyl (C=O) groups excluding carboxylic acids is 2. The fourth-order valence-electron chi connectivity index (χ4n) is 3.84. The SMILES string of the molecule is O=C(Cc1c(F)cc(F)cc1F)Nc1cc(NC(=O)[C@H]2[C@H](c3cc(Cl)cc(Cl)c3)C2(Cl)Cl)ccc1Cl. The molecular formula is C24H14Cl5F3N2O2. The molecule has 0 radical (unpaired) electrons. The molecule has 1 saturated carbocycles. The Morgan fingerprint density at radius 3 is 2.08 bits per heavy atom. The highest BCUT2D eigenvalue weighted by Gasteiger charge is 2.67. The van der Waals surface area contributed by atoms with Gasteiger partial charge in [0.2, 0.25) is 11.8 Å². The van der Waals surface area contributed by atoms with Gasteiger partial charge >= 0.3 is 0 Å². The van der Waals surface area contributed by atoms with Gasteiger partial charge in [0.25, 0.3) is 0 Å². The van der Waals surface area contributed by atoms with Crippen molar-refractivity contribution in [2.24, 2.45) is 5.92 Å². The molecule has 4 nitrogen and oxygen atoms in total. The monoisotopic (exact) mass is 594 g/mol. The number of halogens is 8. The molecule has 0 aromatic heterocycles. The van der Waals surface area contributed by atoms with E-state index in [0.717, 1.165) is 0 Å². The summed E-state index contributed by atoms with van der Waals surface area (Å²) < 4.78 is 39.4. The maximum Gasteiger partial charge on any atom is 0.231 e. The summed E-state index contributed by atoms with van der Waals surface area (Å²) in [6.45, 7) is 0. The molecule has 0 unspecified atom stereocenters. The lowest BCUT2D eigenvalue weighted by atomic mass is 10.1. The van der Waals surface area contributed by atoms with Crippen molar-refractivity contribution >= 4 is 81.2 Å². The smallest absolute Gasteiger partial charge is 0.231 e. The van der Waals surface area contributed by atoms with Crippen molar-refractivity contribution in [2.45, 2.75) is 16.7 Å². The van der Waals surface area contributed by atoms with Crippen LogP contribution in [0.2, 0.25) is 15.1 Å². The van der Waals surface area contributed by atoms with E-state index in [-0.39, 0.29) is 16.4 Å². The average Bonchev–Trinajstić information content (AvgIpc) is 3.34. The van der Waals surface area contributed by atoms with Crippen LogP contribution >= 0.6 is 58.0 Å². The van der Waals surface area contributed by atoms with Crippen LogP contribution in [0, 0.1) is 23.4 Å². The number of carbonyl (C=O) groups is 2. The summed E-state index contributed by atoms with van der Waals surface area (Å²) in [6, 6.07) is 9.97. The van der Waals surface area contributed by atoms with Crippen LogP contribution in [0.25, 0.3) is 0 Å². The lowest BCUT2D eigenvalue weighted by molar-refractivity contribution is -0.117. The third kappa shape index (κ3) is 5.71. The third-order valence-corrected chi connectivity index (χ3v) is 7.24. The summed E-state index contributed by atoms with van der Waals surface area (Å²) >= 11 is 30.9. The van der Waals surface area contributed by atoms with Gasteiger partial charge < -0.3 is 10.6 Å². The van der Waals surface area contributed by atoms with Crippen molar-refractivity contribution in [1.82, 2.24) is 0 Å². The van der Waals surface area contributed by atoms with E-state index in [4.69, 9.17) is 58.0 Å². The average molecular weight is 597 g/mol. The first-order valence-electron chi connectivity index (χ1n) is 10.2. The van der Waals surface area contributed by atoms with Crippen molar-refractivity contribution in [1.29, 1.82) is 0 Å². The zero-order chi connectivity index (χ0) is 26.4. The van der Waals surface area contributed by atoms with E-state index >= 15 is 0 Å². The number of hydrogen-bond acceptors (Lipinski definition) is 2. The molecule has 12 heteroatoms. The minimum Gasteiger partial charge on any atom is -0.326 e. The minimum absolute atomic E-state index is 0.0689. The fraction of sp³-hybridized carbons (Fsp3) is 0.167. The van der Waals surface area contributed by atoms with Crippen molar-refractivity contribution in [3.05, 3.63) is 92.2 Å². The van der Waals surface area contributed by atoms with Crippen LogP contribution in [0.4, 0.5) is 24.5 Å². The molecule has 2 N–H and O–H groups in total. The zero-order valence-electron chi connectivity index (χ0n) is 17.8. The van der Waals surface area contributed by atoms with E-state index in [0.29, 0.717) is 27.7 Å². The predicted octanol–water partition coefficient (Wildman–Crippen LogP) is 7.77. The highest BCUT2D eigenvalue weighted by Crippen LogP contribution is 2.65. The Morgan fingerprint density at radius 1 is 0.861 bits per heavy atom. The van der Waals surface area contributed by atoms with Gasteiger partial charge in [-0.25, -0.2) is 13.2 Å². The number of alkyl halides is 2. The summed E-state index contributed by atoms with van der Waals surface area (Å²) in [5, 5.41) is 5.91. The molecule has 3 aromatic carbocycles. The van der Waals surface area contributed by atoms with E-state index < -0.39 is 57.4 Å². The van der Waals surface area contributed by atoms with E-state index in [1.165, 1.54) is 24.3 Å². The second-order valence-electron chi connectivity index (χ2n) is 8.09. The number of nitrogens with one attached hydrogen (secondary N) is 2. The Kier molecular flexibility index (Phi) is 7.70. The molecule has 4 rings (SSSR count). The van der Waals surface area contributed by atoms with Crippen molar-refractivity contribution < 1.29 is 22.8 Å². The minimum atomic E-state index is -1.40. The van der Waals surface area contributed by atoms with Crippen LogP contribution in [0.15, 0.2) is 48.5 Å². The first kappa shape index (κ1) is 26.9. The highest BCUT2D eigenvalue weighted by atomic mass is 35.5. The largest absolute Gasteiger partial charge is 0.326 e. The van der Waals surface area contributed by atoms with Gasteiger partial charge in [-0.1, -0.05) is 34.8 Å². The van der Waals surface area contributed by atoms with Crippen LogP contribution in [0.1, 0.15) is 17.0 Å². The molecule has 0 saturated heterocycles. The van der Waals surface area contributed by atoms with Gasteiger partial charge in [-0.2, -0.15) is 0 Å². The summed E-state index contributed by atoms with van der Waals surface area (Å²) in [6.07, 6.45) is -0.710. The van der Waals surface area contributed by atoms with Crippen molar-refractivity contribution in [3.63, 3.8) is 0 Å². The Bertz CT molecular complexity index is 1340. The molecule has 1 aliphatic rings. The van der Waals surface area contributed by atoms with Crippen LogP contribution < -0.4 is 10.6 Å². The van der Waals surface area contributed by atoms with E-state index in [1.54, 1.807) is 12.1 Å². The van der Waals surface area contributed by atoms with Gasteiger partial charge in [-0.15, -0.1) is 23.2 Å². The molecule has 2 atom stereocenters. The van der Waals surface area contributed by atoms with Gasteiger partial charge in [0.05, 0.1) is 23.0 Å². The predicted molar refractivity (Wildman–Crippen MR) is 136 cm³/mol. The first-order chi connectivity index (χ1) is 16.9. The second-order valence-corrected chi connectivity index (χ2v) is 10.8. The molecule has 0 heterocycles. The Morgan fingerprint density at radius 2 is 1.47 bits per heavy atom. The zero-order valence-corrected chi connectivity index (χ0v) is 21.6. The lowest BCUT2D eigenvalue weighted by Crippen LogP contribution is -2.18. The molecular weight excluding hydrogens is 583 g/mol. The molecule has 0 aliphatic heterocycles. The van der Waals surface area contributed by atoms with Crippen LogP contribution in [-0.2, 0) is 16.0 Å². The number of anilines is 2. The maximum atomic E-state index is 13.9. The highest BCUT2D eigenvalue weighted by molar-refractivity contribution is 6.53. The number of hydrogen-bond donors (Lipinski definition) is 2. The molecule has 0 spiro atoms. The Hall–Kier alpha value is -2.16. The lowest BCUT2D eigenvalue weighted by Gasteiger charge is -2.11. The fourth-order valence-corrected chi connectivity index (χ4v) is 5.37. The Labute approximate surface area is 228 Å². The third-order valence-electron chi connectivity index (χ3n) is 5.53. The number of amides is 2. The summed E-state index contributed by atoms with van der Waals surface area (Å²) in [5.41, 5.74) is 0.315. The van der Waals surface area contributed by atoms with Crippen LogP contribution in [0.5, 0.6) is 0 Å². The van der Waals surface area contributed by atoms with Gasteiger partial charge in [0, 0.05) is 39.3 Å². The van der Waals surface area contributed by atoms with Crippen molar-refractivity contribution in [3.8, 4) is 0 Å². The maximum absolute atomic E-state index is 13.9. The summed E-state index contributed by atoms with van der Waals surface area (Å²) in [4.78, 5) is 25.3. The number of benzene rings is 3.